The van der Waals surface area contributed by atoms with Crippen molar-refractivity contribution in [2.24, 2.45) is 0 Å². The summed E-state index contributed by atoms with van der Waals surface area (Å²) in [6, 6.07) is 16.8. The molecular formula is C21H22N2OS2. The van der Waals surface area contributed by atoms with Gasteiger partial charge in [-0.3, -0.25) is 4.79 Å². The molecule has 0 fully saturated rings. The maximum absolute atomic E-state index is 12.1. The van der Waals surface area contributed by atoms with Gasteiger partial charge in [0.1, 0.15) is 0 Å². The van der Waals surface area contributed by atoms with Gasteiger partial charge in [0.05, 0.1) is 5.69 Å². The van der Waals surface area contributed by atoms with Crippen molar-refractivity contribution in [1.82, 2.24) is 4.98 Å². The van der Waals surface area contributed by atoms with Crippen molar-refractivity contribution in [3.8, 4) is 11.3 Å². The van der Waals surface area contributed by atoms with Gasteiger partial charge in [-0.2, -0.15) is 0 Å². The molecule has 2 aromatic carbocycles. The van der Waals surface area contributed by atoms with Crippen LogP contribution in [0.3, 0.4) is 0 Å². The highest BCUT2D eigenvalue weighted by Crippen LogP contribution is 2.25. The minimum absolute atomic E-state index is 0.00634. The van der Waals surface area contributed by atoms with Gasteiger partial charge in [-0.1, -0.05) is 48.9 Å². The molecule has 0 aliphatic carbocycles. The number of aryl methyl sites for hydroxylation is 2. The van der Waals surface area contributed by atoms with E-state index >= 15 is 0 Å². The van der Waals surface area contributed by atoms with E-state index in [1.54, 1.807) is 11.8 Å². The molecule has 0 bridgehead atoms. The maximum atomic E-state index is 12.1. The lowest BCUT2D eigenvalue weighted by atomic mass is 10.1. The zero-order valence-corrected chi connectivity index (χ0v) is 16.6. The topological polar surface area (TPSA) is 42.0 Å². The third-order valence-corrected chi connectivity index (χ3v) is 5.80. The molecule has 1 heterocycles. The summed E-state index contributed by atoms with van der Waals surface area (Å²) in [7, 11) is 0. The van der Waals surface area contributed by atoms with Crippen molar-refractivity contribution in [3.05, 3.63) is 65.0 Å². The van der Waals surface area contributed by atoms with Crippen LogP contribution in [0.25, 0.3) is 11.3 Å². The number of carbonyl (C=O) groups is 1. The first-order valence-electron chi connectivity index (χ1n) is 8.68. The number of nitrogens with one attached hydrogen (secondary N) is 1. The molecule has 26 heavy (non-hydrogen) atoms. The van der Waals surface area contributed by atoms with Crippen molar-refractivity contribution in [2.75, 3.05) is 11.1 Å². The molecule has 0 aliphatic heterocycles. The lowest BCUT2D eigenvalue weighted by Crippen LogP contribution is -2.11. The van der Waals surface area contributed by atoms with E-state index in [1.807, 2.05) is 5.38 Å². The largest absolute Gasteiger partial charge is 0.302 e. The summed E-state index contributed by atoms with van der Waals surface area (Å²) in [5, 5.41) is 5.55. The molecule has 0 saturated carbocycles. The smallest absolute Gasteiger partial charge is 0.226 e. The van der Waals surface area contributed by atoms with Crippen molar-refractivity contribution in [1.29, 1.82) is 0 Å². The van der Waals surface area contributed by atoms with Crippen molar-refractivity contribution >= 4 is 34.1 Å². The molecule has 3 aromatic rings. The quantitative estimate of drug-likeness (QED) is 0.525. The Labute approximate surface area is 162 Å². The number of hydrogen-bond acceptors (Lipinski definition) is 4. The first-order valence-corrected chi connectivity index (χ1v) is 10.5. The fourth-order valence-electron chi connectivity index (χ4n) is 2.45. The Morgan fingerprint density at radius 2 is 1.85 bits per heavy atom. The van der Waals surface area contributed by atoms with Crippen LogP contribution in [0.15, 0.2) is 58.8 Å². The zero-order valence-electron chi connectivity index (χ0n) is 15.0. The molecular weight excluding hydrogens is 360 g/mol. The molecule has 0 aliphatic rings. The molecule has 0 unspecified atom stereocenters. The van der Waals surface area contributed by atoms with Gasteiger partial charge in [0.2, 0.25) is 5.91 Å². The monoisotopic (exact) mass is 382 g/mol. The number of aromatic nitrogens is 1. The fraction of sp³-hybridized carbons (Fsp3) is 0.238. The maximum Gasteiger partial charge on any atom is 0.226 e. The van der Waals surface area contributed by atoms with Crippen LogP contribution in [0.5, 0.6) is 0 Å². The highest BCUT2D eigenvalue weighted by Gasteiger charge is 2.08. The Morgan fingerprint density at radius 3 is 2.54 bits per heavy atom. The van der Waals surface area contributed by atoms with E-state index in [4.69, 9.17) is 0 Å². The predicted octanol–water partition coefficient (Wildman–Crippen LogP) is 5.80. The van der Waals surface area contributed by atoms with Crippen LogP contribution in [0.2, 0.25) is 0 Å². The molecule has 5 heteroatoms. The lowest BCUT2D eigenvalue weighted by Gasteiger charge is -2.03. The van der Waals surface area contributed by atoms with Crippen LogP contribution in [-0.4, -0.2) is 16.6 Å². The molecule has 3 nitrogen and oxygen atoms in total. The van der Waals surface area contributed by atoms with Gasteiger partial charge in [0, 0.05) is 28.0 Å². The molecule has 0 spiro atoms. The Kier molecular flexibility index (Phi) is 6.47. The van der Waals surface area contributed by atoms with E-state index in [2.05, 4.69) is 72.7 Å². The molecule has 3 rings (SSSR count). The highest BCUT2D eigenvalue weighted by molar-refractivity contribution is 7.99. The van der Waals surface area contributed by atoms with Crippen LogP contribution < -0.4 is 5.32 Å². The second-order valence-corrected chi connectivity index (χ2v) is 8.07. The van der Waals surface area contributed by atoms with E-state index in [9.17, 15) is 4.79 Å². The van der Waals surface area contributed by atoms with Crippen LogP contribution in [0.4, 0.5) is 5.13 Å². The average Bonchev–Trinajstić information content (AvgIpc) is 3.12. The highest BCUT2D eigenvalue weighted by atomic mass is 32.2. The second kappa shape index (κ2) is 9.01. The minimum Gasteiger partial charge on any atom is -0.302 e. The van der Waals surface area contributed by atoms with Crippen LogP contribution in [-0.2, 0) is 11.2 Å². The van der Waals surface area contributed by atoms with Gasteiger partial charge >= 0.3 is 0 Å². The first kappa shape index (κ1) is 18.7. The molecule has 134 valence electrons. The fourth-order valence-corrected chi connectivity index (χ4v) is 4.04. The number of thioether (sulfide) groups is 1. The zero-order chi connectivity index (χ0) is 18.4. The Bertz CT molecular complexity index is 854. The van der Waals surface area contributed by atoms with Crippen molar-refractivity contribution in [2.45, 2.75) is 31.6 Å². The number of thiazole rings is 1. The average molecular weight is 383 g/mol. The summed E-state index contributed by atoms with van der Waals surface area (Å²) in [6.45, 7) is 4.21. The molecule has 1 aromatic heterocycles. The summed E-state index contributed by atoms with van der Waals surface area (Å²) in [5.74, 6) is 0.762. The molecule has 0 saturated heterocycles. The number of carbonyl (C=O) groups excluding carboxylic acids is 1. The third kappa shape index (κ3) is 5.19. The Balaban J connectivity index is 1.50. The molecule has 0 radical (unpaired) electrons. The van der Waals surface area contributed by atoms with Crippen LogP contribution in [0, 0.1) is 6.92 Å². The number of anilines is 1. The SMILES string of the molecule is CCc1ccc(-c2csc(NC(=O)CCSc3ccc(C)cc3)n2)cc1. The predicted molar refractivity (Wildman–Crippen MR) is 112 cm³/mol. The lowest BCUT2D eigenvalue weighted by molar-refractivity contribution is -0.115. The minimum atomic E-state index is 0.00634. The summed E-state index contributed by atoms with van der Waals surface area (Å²) in [6.07, 6.45) is 1.50. The van der Waals surface area contributed by atoms with Gasteiger partial charge in [0.15, 0.2) is 5.13 Å². The van der Waals surface area contributed by atoms with Crippen molar-refractivity contribution < 1.29 is 4.79 Å². The molecule has 1 N–H and O–H groups in total. The summed E-state index contributed by atoms with van der Waals surface area (Å²) in [4.78, 5) is 17.9. The second-order valence-electron chi connectivity index (χ2n) is 6.05. The number of nitrogens with zero attached hydrogens (tertiary/aromatic N) is 1. The van der Waals surface area contributed by atoms with E-state index in [1.165, 1.54) is 27.4 Å². The normalized spacial score (nSPS) is 10.7. The van der Waals surface area contributed by atoms with Gasteiger partial charge in [-0.25, -0.2) is 4.98 Å². The summed E-state index contributed by atoms with van der Waals surface area (Å²) >= 11 is 3.16. The van der Waals surface area contributed by atoms with E-state index in [0.29, 0.717) is 11.6 Å². The van der Waals surface area contributed by atoms with Crippen LogP contribution in [0.1, 0.15) is 24.5 Å². The summed E-state index contributed by atoms with van der Waals surface area (Å²) < 4.78 is 0. The van der Waals surface area contributed by atoms with E-state index < -0.39 is 0 Å². The number of rotatable bonds is 7. The van der Waals surface area contributed by atoms with E-state index in [0.717, 1.165) is 23.4 Å². The van der Waals surface area contributed by atoms with Gasteiger partial charge in [0.25, 0.3) is 0 Å². The summed E-state index contributed by atoms with van der Waals surface area (Å²) in [5.41, 5.74) is 4.54. The van der Waals surface area contributed by atoms with Crippen molar-refractivity contribution in [3.63, 3.8) is 0 Å². The Morgan fingerprint density at radius 1 is 1.12 bits per heavy atom. The number of hydrogen-bond donors (Lipinski definition) is 1. The van der Waals surface area contributed by atoms with E-state index in [-0.39, 0.29) is 5.91 Å². The third-order valence-electron chi connectivity index (χ3n) is 4.03. The first-order chi connectivity index (χ1) is 12.6. The number of benzene rings is 2. The van der Waals surface area contributed by atoms with Crippen LogP contribution >= 0.6 is 23.1 Å². The van der Waals surface area contributed by atoms with Gasteiger partial charge in [-0.05, 0) is 31.0 Å². The number of amides is 1. The standard InChI is InChI=1S/C21H22N2OS2/c1-3-16-6-8-17(9-7-16)19-14-26-21(22-19)23-20(24)12-13-25-18-10-4-15(2)5-11-18/h4-11,14H,3,12-13H2,1-2H3,(H,22,23,24). The Hall–Kier alpha value is -2.11. The molecule has 0 atom stereocenters. The van der Waals surface area contributed by atoms with Gasteiger partial charge in [-0.15, -0.1) is 23.1 Å². The van der Waals surface area contributed by atoms with Gasteiger partial charge < -0.3 is 5.32 Å². The molecule has 1 amide bonds.